The summed E-state index contributed by atoms with van der Waals surface area (Å²) in [4.78, 5) is 2.71. The van der Waals surface area contributed by atoms with Crippen molar-refractivity contribution >= 4 is 0 Å². The minimum atomic E-state index is 0.337. The minimum Gasteiger partial charge on any atom is -0.296 e. The summed E-state index contributed by atoms with van der Waals surface area (Å²) in [6, 6.07) is 3.99. The quantitative estimate of drug-likeness (QED) is 0.703. The van der Waals surface area contributed by atoms with Crippen molar-refractivity contribution in [2.45, 2.75) is 57.0 Å². The lowest BCUT2D eigenvalue weighted by Crippen LogP contribution is -2.40. The van der Waals surface area contributed by atoms with Gasteiger partial charge in [0.25, 0.3) is 0 Å². The first-order chi connectivity index (χ1) is 7.38. The Kier molecular flexibility index (Phi) is 2.44. The molecule has 0 saturated heterocycles. The molecule has 2 atom stereocenters. The van der Waals surface area contributed by atoms with Gasteiger partial charge >= 0.3 is 0 Å². The molecule has 0 aromatic carbocycles. The fraction of sp³-hybridized carbons (Fsp3) is 0.923. The van der Waals surface area contributed by atoms with Crippen LogP contribution in [0.2, 0.25) is 0 Å². The molecule has 0 amide bonds. The van der Waals surface area contributed by atoms with E-state index < -0.39 is 0 Å². The van der Waals surface area contributed by atoms with Crippen LogP contribution in [0.3, 0.4) is 0 Å². The normalized spacial score (nSPS) is 35.7. The van der Waals surface area contributed by atoms with Crippen LogP contribution in [0.25, 0.3) is 0 Å². The van der Waals surface area contributed by atoms with Gasteiger partial charge in [0.15, 0.2) is 0 Å². The number of hydrogen-bond donors (Lipinski definition) is 0. The van der Waals surface area contributed by atoms with Gasteiger partial charge < -0.3 is 0 Å². The first kappa shape index (κ1) is 9.66. The van der Waals surface area contributed by atoms with E-state index in [0.717, 1.165) is 18.4 Å². The van der Waals surface area contributed by atoms with Gasteiger partial charge in [0, 0.05) is 18.6 Å². The first-order valence-corrected chi connectivity index (χ1v) is 6.54. The first-order valence-electron chi connectivity index (χ1n) is 6.54. The van der Waals surface area contributed by atoms with Crippen LogP contribution in [0.5, 0.6) is 0 Å². The second kappa shape index (κ2) is 3.79. The third kappa shape index (κ3) is 2.03. The van der Waals surface area contributed by atoms with Gasteiger partial charge in [-0.25, -0.2) is 0 Å². The lowest BCUT2D eigenvalue weighted by atomic mass is 10.0. The van der Waals surface area contributed by atoms with Gasteiger partial charge in [-0.05, 0) is 44.4 Å². The largest absolute Gasteiger partial charge is 0.296 e. The third-order valence-electron chi connectivity index (χ3n) is 4.25. The molecule has 0 spiro atoms. The molecule has 3 aliphatic rings. The fourth-order valence-electron chi connectivity index (χ4n) is 3.05. The lowest BCUT2D eigenvalue weighted by Gasteiger charge is -2.30. The summed E-state index contributed by atoms with van der Waals surface area (Å²) < 4.78 is 0. The van der Waals surface area contributed by atoms with Gasteiger partial charge in [-0.3, -0.25) is 4.90 Å². The van der Waals surface area contributed by atoms with Crippen LogP contribution < -0.4 is 0 Å². The van der Waals surface area contributed by atoms with Crippen LogP contribution in [0, 0.1) is 23.2 Å². The van der Waals surface area contributed by atoms with Crippen LogP contribution >= 0.6 is 0 Å². The Morgan fingerprint density at radius 1 is 1.07 bits per heavy atom. The predicted octanol–water partition coefficient (Wildman–Crippen LogP) is 2.55. The Bertz CT molecular complexity index is 273. The van der Waals surface area contributed by atoms with Crippen molar-refractivity contribution < 1.29 is 0 Å². The van der Waals surface area contributed by atoms with Gasteiger partial charge in [-0.15, -0.1) is 0 Å². The van der Waals surface area contributed by atoms with Gasteiger partial charge in [0.1, 0.15) is 0 Å². The van der Waals surface area contributed by atoms with Crippen LogP contribution in [-0.2, 0) is 0 Å². The van der Waals surface area contributed by atoms with E-state index >= 15 is 0 Å². The SMILES string of the molecule is N#CC1CCCC1N(CC1CC1)C1CC1. The van der Waals surface area contributed by atoms with E-state index in [4.69, 9.17) is 5.26 Å². The zero-order valence-corrected chi connectivity index (χ0v) is 9.36. The average Bonchev–Trinajstić information content (AvgIpc) is 3.13. The third-order valence-corrected chi connectivity index (χ3v) is 4.25. The Morgan fingerprint density at radius 3 is 2.47 bits per heavy atom. The predicted molar refractivity (Wildman–Crippen MR) is 59.2 cm³/mol. The molecule has 0 N–H and O–H groups in total. The molecule has 0 aromatic rings. The van der Waals surface area contributed by atoms with E-state index in [1.54, 1.807) is 0 Å². The van der Waals surface area contributed by atoms with E-state index in [1.165, 1.54) is 45.1 Å². The summed E-state index contributed by atoms with van der Waals surface area (Å²) in [5, 5.41) is 9.16. The standard InChI is InChI=1S/C13H20N2/c14-8-11-2-1-3-13(11)15(12-6-7-12)9-10-4-5-10/h10-13H,1-7,9H2. The molecule has 3 fully saturated rings. The Hall–Kier alpha value is -0.550. The molecule has 3 rings (SSSR count). The summed E-state index contributed by atoms with van der Waals surface area (Å²) in [6.45, 7) is 1.30. The highest BCUT2D eigenvalue weighted by Gasteiger charge is 2.41. The maximum atomic E-state index is 9.16. The van der Waals surface area contributed by atoms with Gasteiger partial charge in [-0.2, -0.15) is 5.26 Å². The molecule has 0 aliphatic heterocycles. The average molecular weight is 204 g/mol. The molecular weight excluding hydrogens is 184 g/mol. The van der Waals surface area contributed by atoms with Crippen LogP contribution in [0.4, 0.5) is 0 Å². The second-order valence-corrected chi connectivity index (χ2v) is 5.61. The Labute approximate surface area is 92.3 Å². The summed E-state index contributed by atoms with van der Waals surface area (Å²) in [5.41, 5.74) is 0. The molecule has 0 bridgehead atoms. The molecule has 2 unspecified atom stereocenters. The summed E-state index contributed by atoms with van der Waals surface area (Å²) in [6.07, 6.45) is 9.36. The van der Waals surface area contributed by atoms with Crippen LogP contribution in [0.15, 0.2) is 0 Å². The molecule has 3 aliphatic carbocycles. The van der Waals surface area contributed by atoms with E-state index in [9.17, 15) is 0 Å². The number of nitriles is 1. The van der Waals surface area contributed by atoms with E-state index in [0.29, 0.717) is 12.0 Å². The van der Waals surface area contributed by atoms with Gasteiger partial charge in [0.2, 0.25) is 0 Å². The number of nitrogens with zero attached hydrogens (tertiary/aromatic N) is 2. The summed E-state index contributed by atoms with van der Waals surface area (Å²) in [7, 11) is 0. The van der Waals surface area contributed by atoms with Crippen molar-refractivity contribution in [1.29, 1.82) is 5.26 Å². The van der Waals surface area contributed by atoms with Crippen molar-refractivity contribution in [3.63, 3.8) is 0 Å². The highest BCUT2D eigenvalue weighted by atomic mass is 15.2. The van der Waals surface area contributed by atoms with E-state index in [2.05, 4.69) is 11.0 Å². The highest BCUT2D eigenvalue weighted by Crippen LogP contribution is 2.40. The lowest BCUT2D eigenvalue weighted by molar-refractivity contribution is 0.161. The van der Waals surface area contributed by atoms with Crippen molar-refractivity contribution in [2.75, 3.05) is 6.54 Å². The second-order valence-electron chi connectivity index (χ2n) is 5.61. The molecular formula is C13H20N2. The van der Waals surface area contributed by atoms with Gasteiger partial charge in [-0.1, -0.05) is 6.42 Å². The van der Waals surface area contributed by atoms with E-state index in [-0.39, 0.29) is 0 Å². The number of rotatable bonds is 4. The molecule has 2 heteroatoms. The van der Waals surface area contributed by atoms with Crippen LogP contribution in [0.1, 0.15) is 44.9 Å². The smallest absolute Gasteiger partial charge is 0.0672 e. The minimum absolute atomic E-state index is 0.337. The van der Waals surface area contributed by atoms with Crippen molar-refractivity contribution in [3.05, 3.63) is 0 Å². The molecule has 15 heavy (non-hydrogen) atoms. The summed E-state index contributed by atoms with van der Waals surface area (Å²) in [5.74, 6) is 1.31. The maximum Gasteiger partial charge on any atom is 0.0672 e. The van der Waals surface area contributed by atoms with Gasteiger partial charge in [0.05, 0.1) is 12.0 Å². The Morgan fingerprint density at radius 2 is 1.87 bits per heavy atom. The van der Waals surface area contributed by atoms with Crippen molar-refractivity contribution in [1.82, 2.24) is 4.90 Å². The van der Waals surface area contributed by atoms with Crippen molar-refractivity contribution in [2.24, 2.45) is 11.8 Å². The Balaban J connectivity index is 1.67. The topological polar surface area (TPSA) is 27.0 Å². The van der Waals surface area contributed by atoms with E-state index in [1.807, 2.05) is 0 Å². The zero-order valence-electron chi connectivity index (χ0n) is 9.36. The molecule has 2 nitrogen and oxygen atoms in total. The van der Waals surface area contributed by atoms with Crippen molar-refractivity contribution in [3.8, 4) is 6.07 Å². The zero-order chi connectivity index (χ0) is 10.3. The molecule has 0 aromatic heterocycles. The number of hydrogen-bond acceptors (Lipinski definition) is 2. The van der Waals surface area contributed by atoms with Crippen LogP contribution in [-0.4, -0.2) is 23.5 Å². The molecule has 82 valence electrons. The molecule has 0 radical (unpaired) electrons. The fourth-order valence-corrected chi connectivity index (χ4v) is 3.05. The highest BCUT2D eigenvalue weighted by molar-refractivity contribution is 5.02. The maximum absolute atomic E-state index is 9.16. The molecule has 3 saturated carbocycles. The monoisotopic (exact) mass is 204 g/mol. The molecule has 0 heterocycles. The summed E-state index contributed by atoms with van der Waals surface area (Å²) >= 11 is 0.